The Morgan fingerprint density at radius 1 is 1.07 bits per heavy atom. The Morgan fingerprint density at radius 3 is 2.72 bits per heavy atom. The fraction of sp³-hybridized carbons (Fsp3) is 0.458. The van der Waals surface area contributed by atoms with E-state index in [9.17, 15) is 4.79 Å². The van der Waals surface area contributed by atoms with Crippen molar-refractivity contribution in [2.75, 3.05) is 13.3 Å². The third-order valence-electron chi connectivity index (χ3n) is 5.68. The molecule has 1 aliphatic heterocycles. The highest BCUT2D eigenvalue weighted by molar-refractivity contribution is 5.76. The number of ether oxygens (including phenoxy) is 3. The Labute approximate surface area is 172 Å². The van der Waals surface area contributed by atoms with E-state index in [1.165, 1.54) is 12.8 Å². The predicted octanol–water partition coefficient (Wildman–Crippen LogP) is 4.72. The van der Waals surface area contributed by atoms with Gasteiger partial charge in [0, 0.05) is 19.5 Å². The van der Waals surface area contributed by atoms with Gasteiger partial charge in [-0.2, -0.15) is 0 Å². The van der Waals surface area contributed by atoms with Crippen LogP contribution in [-0.4, -0.2) is 30.2 Å². The first-order valence-corrected chi connectivity index (χ1v) is 10.6. The van der Waals surface area contributed by atoms with E-state index in [4.69, 9.17) is 14.2 Å². The molecule has 1 heterocycles. The van der Waals surface area contributed by atoms with Gasteiger partial charge in [0.1, 0.15) is 5.75 Å². The second-order valence-corrected chi connectivity index (χ2v) is 7.77. The van der Waals surface area contributed by atoms with Crippen LogP contribution in [0, 0.1) is 0 Å². The highest BCUT2D eigenvalue weighted by Gasteiger charge is 2.18. The summed E-state index contributed by atoms with van der Waals surface area (Å²) in [7, 11) is 0. The van der Waals surface area contributed by atoms with E-state index < -0.39 is 0 Å². The lowest BCUT2D eigenvalue weighted by molar-refractivity contribution is -0.131. The molecule has 4 rings (SSSR count). The average Bonchev–Trinajstić information content (AvgIpc) is 3.42. The monoisotopic (exact) mass is 395 g/mol. The molecular formula is C24H29NO4. The van der Waals surface area contributed by atoms with Crippen molar-refractivity contribution in [3.8, 4) is 17.2 Å². The third kappa shape index (κ3) is 5.03. The zero-order valence-corrected chi connectivity index (χ0v) is 17.1. The van der Waals surface area contributed by atoms with Gasteiger partial charge in [0.05, 0.1) is 6.10 Å². The average molecular weight is 395 g/mol. The zero-order chi connectivity index (χ0) is 20.1. The largest absolute Gasteiger partial charge is 0.490 e. The number of carbonyl (C=O) groups excluding carboxylic acids is 1. The summed E-state index contributed by atoms with van der Waals surface area (Å²) in [4.78, 5) is 14.7. The molecule has 2 aliphatic rings. The van der Waals surface area contributed by atoms with Crippen molar-refractivity contribution in [3.05, 3.63) is 53.6 Å². The van der Waals surface area contributed by atoms with Gasteiger partial charge in [-0.25, -0.2) is 0 Å². The molecule has 0 atom stereocenters. The lowest BCUT2D eigenvalue weighted by Crippen LogP contribution is -2.30. The zero-order valence-electron chi connectivity index (χ0n) is 17.1. The number of nitrogens with zero attached hydrogens (tertiary/aromatic N) is 1. The van der Waals surface area contributed by atoms with Gasteiger partial charge in [-0.05, 0) is 74.4 Å². The van der Waals surface area contributed by atoms with E-state index >= 15 is 0 Å². The van der Waals surface area contributed by atoms with Gasteiger partial charge in [-0.15, -0.1) is 0 Å². The number of rotatable bonds is 8. The molecule has 0 radical (unpaired) electrons. The minimum absolute atomic E-state index is 0.160. The molecule has 5 heteroatoms. The molecule has 0 unspecified atom stereocenters. The molecule has 29 heavy (non-hydrogen) atoms. The smallest absolute Gasteiger partial charge is 0.231 e. The number of hydrogen-bond acceptors (Lipinski definition) is 4. The van der Waals surface area contributed by atoms with Crippen molar-refractivity contribution in [2.45, 2.75) is 58.1 Å². The Kier molecular flexibility index (Phi) is 6.23. The molecule has 0 saturated heterocycles. The Balaban J connectivity index is 1.32. The van der Waals surface area contributed by atoms with Crippen LogP contribution in [0.25, 0.3) is 0 Å². The van der Waals surface area contributed by atoms with Crippen LogP contribution in [0.1, 0.15) is 50.2 Å². The van der Waals surface area contributed by atoms with E-state index in [-0.39, 0.29) is 12.7 Å². The van der Waals surface area contributed by atoms with Crippen LogP contribution >= 0.6 is 0 Å². The maximum absolute atomic E-state index is 12.8. The lowest BCUT2D eigenvalue weighted by Gasteiger charge is -2.21. The molecule has 1 aliphatic carbocycles. The van der Waals surface area contributed by atoms with Crippen LogP contribution in [0.3, 0.4) is 0 Å². The number of aryl methyl sites for hydroxylation is 1. The van der Waals surface area contributed by atoms with Crippen LogP contribution in [0.15, 0.2) is 42.5 Å². The first kappa shape index (κ1) is 19.6. The summed E-state index contributed by atoms with van der Waals surface area (Å²) >= 11 is 0. The highest BCUT2D eigenvalue weighted by Crippen LogP contribution is 2.33. The molecule has 154 valence electrons. The van der Waals surface area contributed by atoms with Gasteiger partial charge in [-0.1, -0.05) is 18.2 Å². The standard InChI is InChI=1S/C24H29NO4/c1-2-25(16-19-10-12-22-23(15-19)28-17-27-22)24(26)13-11-18-6-5-9-21(14-18)29-20-7-3-4-8-20/h5-6,9-10,12,14-15,20H,2-4,7-8,11,13,16-17H2,1H3. The van der Waals surface area contributed by atoms with Crippen LogP contribution in [-0.2, 0) is 17.8 Å². The molecule has 0 aromatic heterocycles. The minimum atomic E-state index is 0.160. The summed E-state index contributed by atoms with van der Waals surface area (Å²) < 4.78 is 16.9. The van der Waals surface area contributed by atoms with Gasteiger partial charge in [0.25, 0.3) is 0 Å². The second kappa shape index (κ2) is 9.21. The molecule has 2 aromatic rings. The van der Waals surface area contributed by atoms with Gasteiger partial charge >= 0.3 is 0 Å². The molecule has 1 amide bonds. The summed E-state index contributed by atoms with van der Waals surface area (Å²) in [6.07, 6.45) is 6.37. The maximum Gasteiger partial charge on any atom is 0.231 e. The quantitative estimate of drug-likeness (QED) is 0.649. The van der Waals surface area contributed by atoms with Gasteiger partial charge in [0.15, 0.2) is 11.5 Å². The van der Waals surface area contributed by atoms with Crippen molar-refractivity contribution in [3.63, 3.8) is 0 Å². The molecule has 0 bridgehead atoms. The maximum atomic E-state index is 12.8. The Hall–Kier alpha value is -2.69. The third-order valence-corrected chi connectivity index (χ3v) is 5.68. The van der Waals surface area contributed by atoms with E-state index in [0.29, 0.717) is 25.6 Å². The SMILES string of the molecule is CCN(Cc1ccc2c(c1)OCO2)C(=O)CCc1cccc(OC2CCCC2)c1. The lowest BCUT2D eigenvalue weighted by atomic mass is 10.1. The summed E-state index contributed by atoms with van der Waals surface area (Å²) in [6.45, 7) is 3.54. The van der Waals surface area contributed by atoms with Crippen LogP contribution in [0.2, 0.25) is 0 Å². The molecule has 0 spiro atoms. The second-order valence-electron chi connectivity index (χ2n) is 7.77. The number of carbonyl (C=O) groups is 1. The van der Waals surface area contributed by atoms with E-state index in [1.54, 1.807) is 0 Å². The van der Waals surface area contributed by atoms with Gasteiger partial charge < -0.3 is 19.1 Å². The summed E-state index contributed by atoms with van der Waals surface area (Å²) in [5, 5.41) is 0. The van der Waals surface area contributed by atoms with Crippen molar-refractivity contribution in [1.29, 1.82) is 0 Å². The summed E-state index contributed by atoms with van der Waals surface area (Å²) in [6, 6.07) is 14.1. The number of hydrogen-bond donors (Lipinski definition) is 0. The van der Waals surface area contributed by atoms with E-state index in [1.807, 2.05) is 42.2 Å². The number of fused-ring (bicyclic) bond motifs is 1. The predicted molar refractivity (Wildman–Crippen MR) is 111 cm³/mol. The fourth-order valence-electron chi connectivity index (χ4n) is 4.02. The van der Waals surface area contributed by atoms with Gasteiger partial charge in [-0.3, -0.25) is 4.79 Å². The number of amides is 1. The van der Waals surface area contributed by atoms with E-state index in [2.05, 4.69) is 12.1 Å². The first-order chi connectivity index (χ1) is 14.2. The summed E-state index contributed by atoms with van der Waals surface area (Å²) in [5.41, 5.74) is 2.20. The molecule has 1 fully saturated rings. The van der Waals surface area contributed by atoms with Crippen molar-refractivity contribution < 1.29 is 19.0 Å². The summed E-state index contributed by atoms with van der Waals surface area (Å²) in [5.74, 6) is 2.61. The molecule has 0 N–H and O–H groups in total. The Bertz CT molecular complexity index is 845. The van der Waals surface area contributed by atoms with Crippen LogP contribution in [0.5, 0.6) is 17.2 Å². The van der Waals surface area contributed by atoms with Crippen molar-refractivity contribution in [1.82, 2.24) is 4.90 Å². The molecule has 2 aromatic carbocycles. The number of benzene rings is 2. The van der Waals surface area contributed by atoms with Crippen LogP contribution < -0.4 is 14.2 Å². The fourth-order valence-corrected chi connectivity index (χ4v) is 4.02. The molecular weight excluding hydrogens is 366 g/mol. The van der Waals surface area contributed by atoms with Crippen molar-refractivity contribution >= 4 is 5.91 Å². The highest BCUT2D eigenvalue weighted by atomic mass is 16.7. The molecule has 1 saturated carbocycles. The minimum Gasteiger partial charge on any atom is -0.490 e. The Morgan fingerprint density at radius 2 is 1.90 bits per heavy atom. The normalized spacial score (nSPS) is 15.5. The topological polar surface area (TPSA) is 48.0 Å². The van der Waals surface area contributed by atoms with Crippen molar-refractivity contribution in [2.24, 2.45) is 0 Å². The van der Waals surface area contributed by atoms with E-state index in [0.717, 1.165) is 47.6 Å². The van der Waals surface area contributed by atoms with Gasteiger partial charge in [0.2, 0.25) is 12.7 Å². The molecule has 5 nitrogen and oxygen atoms in total. The van der Waals surface area contributed by atoms with Crippen LogP contribution in [0.4, 0.5) is 0 Å². The first-order valence-electron chi connectivity index (χ1n) is 10.6.